The van der Waals surface area contributed by atoms with Crippen molar-refractivity contribution in [1.29, 1.82) is 0 Å². The second kappa shape index (κ2) is 8.66. The van der Waals surface area contributed by atoms with E-state index in [0.717, 1.165) is 0 Å². The predicted molar refractivity (Wildman–Crippen MR) is 94.7 cm³/mol. The molecule has 1 amide bonds. The maximum Gasteiger partial charge on any atom is 0.422 e. The van der Waals surface area contributed by atoms with E-state index in [2.05, 4.69) is 10.1 Å². The molecule has 0 spiro atoms. The molecular weight excluding hydrogens is 363 g/mol. The Bertz CT molecular complexity index is 774. The van der Waals surface area contributed by atoms with Crippen molar-refractivity contribution in [1.82, 2.24) is 0 Å². The van der Waals surface area contributed by atoms with Crippen LogP contribution in [0.4, 0.5) is 18.9 Å². The lowest BCUT2D eigenvalue weighted by atomic mass is 10.1. The van der Waals surface area contributed by atoms with Gasteiger partial charge in [0.1, 0.15) is 5.75 Å². The quantitative estimate of drug-likeness (QED) is 0.755. The van der Waals surface area contributed by atoms with Crippen molar-refractivity contribution in [2.45, 2.75) is 26.1 Å². The molecule has 1 N–H and O–H groups in total. The van der Waals surface area contributed by atoms with Gasteiger partial charge in [-0.1, -0.05) is 0 Å². The molecule has 0 unspecified atom stereocenters. The number of alkyl halides is 3. The fourth-order valence-electron chi connectivity index (χ4n) is 2.16. The van der Waals surface area contributed by atoms with Gasteiger partial charge in [-0.15, -0.1) is 0 Å². The van der Waals surface area contributed by atoms with Crippen molar-refractivity contribution in [3.63, 3.8) is 0 Å². The molecule has 0 saturated carbocycles. The molecule has 27 heavy (non-hydrogen) atoms. The third-order valence-electron chi connectivity index (χ3n) is 3.30. The summed E-state index contributed by atoms with van der Waals surface area (Å²) in [5, 5.41) is 2.66. The van der Waals surface area contributed by atoms with Crippen molar-refractivity contribution in [3.8, 4) is 17.2 Å². The number of benzene rings is 2. The lowest BCUT2D eigenvalue weighted by Gasteiger charge is -2.14. The summed E-state index contributed by atoms with van der Waals surface area (Å²) >= 11 is 0. The molecular formula is C19H20F3NO4. The van der Waals surface area contributed by atoms with Gasteiger partial charge >= 0.3 is 6.18 Å². The molecule has 0 atom stereocenters. The summed E-state index contributed by atoms with van der Waals surface area (Å²) < 4.78 is 51.9. The van der Waals surface area contributed by atoms with Gasteiger partial charge in [0.25, 0.3) is 5.91 Å². The maximum atomic E-state index is 12.4. The number of ether oxygens (including phenoxy) is 3. The fourth-order valence-corrected chi connectivity index (χ4v) is 2.16. The Balaban J connectivity index is 2.04. The first-order valence-electron chi connectivity index (χ1n) is 8.13. The highest BCUT2D eigenvalue weighted by Crippen LogP contribution is 2.29. The molecule has 2 aromatic carbocycles. The average molecular weight is 383 g/mol. The van der Waals surface area contributed by atoms with Crippen LogP contribution in [0.3, 0.4) is 0 Å². The molecule has 0 saturated heterocycles. The van der Waals surface area contributed by atoms with Gasteiger partial charge in [-0.2, -0.15) is 13.2 Å². The van der Waals surface area contributed by atoms with Crippen LogP contribution in [0.5, 0.6) is 17.2 Å². The number of amides is 1. The summed E-state index contributed by atoms with van der Waals surface area (Å²) in [7, 11) is 1.48. The molecule has 0 aliphatic heterocycles. The van der Waals surface area contributed by atoms with Gasteiger partial charge in [-0.25, -0.2) is 0 Å². The smallest absolute Gasteiger partial charge is 0.422 e. The monoisotopic (exact) mass is 383 g/mol. The van der Waals surface area contributed by atoms with Gasteiger partial charge in [-0.05, 0) is 56.3 Å². The van der Waals surface area contributed by atoms with Crippen LogP contribution in [0, 0.1) is 0 Å². The van der Waals surface area contributed by atoms with Crippen molar-refractivity contribution < 1.29 is 32.2 Å². The van der Waals surface area contributed by atoms with E-state index >= 15 is 0 Å². The Hall–Kier alpha value is -2.90. The summed E-state index contributed by atoms with van der Waals surface area (Å²) in [5.74, 6) is 0.609. The Morgan fingerprint density at radius 1 is 1.07 bits per heavy atom. The van der Waals surface area contributed by atoms with E-state index in [1.165, 1.54) is 31.4 Å². The zero-order valence-electron chi connectivity index (χ0n) is 15.1. The van der Waals surface area contributed by atoms with E-state index in [1.54, 1.807) is 18.2 Å². The first-order chi connectivity index (χ1) is 12.7. The van der Waals surface area contributed by atoms with Crippen LogP contribution in [-0.2, 0) is 0 Å². The minimum Gasteiger partial charge on any atom is -0.493 e. The first-order valence-corrected chi connectivity index (χ1v) is 8.13. The highest BCUT2D eigenvalue weighted by atomic mass is 19.4. The Kier molecular flexibility index (Phi) is 6.55. The Morgan fingerprint density at radius 3 is 2.30 bits per heavy atom. The number of methoxy groups -OCH3 is 1. The van der Waals surface area contributed by atoms with E-state index < -0.39 is 18.7 Å². The summed E-state index contributed by atoms with van der Waals surface area (Å²) in [5.41, 5.74) is 0.765. The third-order valence-corrected chi connectivity index (χ3v) is 3.30. The molecule has 0 heterocycles. The van der Waals surface area contributed by atoms with Gasteiger partial charge in [0, 0.05) is 11.3 Å². The second-order valence-corrected chi connectivity index (χ2v) is 5.91. The molecule has 2 rings (SSSR count). The molecule has 0 aliphatic rings. The Morgan fingerprint density at radius 2 is 1.74 bits per heavy atom. The van der Waals surface area contributed by atoms with E-state index in [-0.39, 0.29) is 11.9 Å². The van der Waals surface area contributed by atoms with Crippen LogP contribution in [0.1, 0.15) is 24.2 Å². The van der Waals surface area contributed by atoms with Crippen LogP contribution in [0.15, 0.2) is 42.5 Å². The largest absolute Gasteiger partial charge is 0.493 e. The van der Waals surface area contributed by atoms with E-state index in [0.29, 0.717) is 22.7 Å². The highest BCUT2D eigenvalue weighted by Gasteiger charge is 2.28. The van der Waals surface area contributed by atoms with Gasteiger partial charge in [0.15, 0.2) is 18.1 Å². The number of rotatable bonds is 7. The number of nitrogens with one attached hydrogen (secondary N) is 1. The minimum absolute atomic E-state index is 0.0448. The van der Waals surface area contributed by atoms with E-state index in [9.17, 15) is 18.0 Å². The van der Waals surface area contributed by atoms with Crippen molar-refractivity contribution in [3.05, 3.63) is 48.0 Å². The van der Waals surface area contributed by atoms with Crippen molar-refractivity contribution in [2.24, 2.45) is 0 Å². The zero-order valence-corrected chi connectivity index (χ0v) is 15.1. The molecule has 5 nitrogen and oxygen atoms in total. The molecule has 8 heteroatoms. The van der Waals surface area contributed by atoms with Crippen LogP contribution in [-0.4, -0.2) is 31.9 Å². The molecule has 2 aromatic rings. The summed E-state index contributed by atoms with van der Waals surface area (Å²) in [4.78, 5) is 12.4. The van der Waals surface area contributed by atoms with Crippen LogP contribution in [0.2, 0.25) is 0 Å². The molecule has 146 valence electrons. The molecule has 0 bridgehead atoms. The molecule has 0 radical (unpaired) electrons. The van der Waals surface area contributed by atoms with Gasteiger partial charge in [0.05, 0.1) is 13.2 Å². The molecule has 0 aromatic heterocycles. The van der Waals surface area contributed by atoms with Gasteiger partial charge < -0.3 is 19.5 Å². The topological polar surface area (TPSA) is 56.8 Å². The average Bonchev–Trinajstić information content (AvgIpc) is 2.60. The number of hydrogen-bond donors (Lipinski definition) is 1. The minimum atomic E-state index is -4.41. The Labute approximate surface area is 155 Å². The number of carbonyl (C=O) groups excluding carboxylic acids is 1. The van der Waals surface area contributed by atoms with Crippen molar-refractivity contribution in [2.75, 3.05) is 19.0 Å². The van der Waals surface area contributed by atoms with Gasteiger partial charge in [-0.3, -0.25) is 4.79 Å². The standard InChI is InChI=1S/C19H20F3NO4/c1-12(2)27-16-9-4-13(10-17(16)25-3)18(24)23-14-5-7-15(8-6-14)26-11-19(20,21)22/h4-10,12H,11H2,1-3H3,(H,23,24). The number of halogens is 3. The van der Waals surface area contributed by atoms with Crippen molar-refractivity contribution >= 4 is 11.6 Å². The number of hydrogen-bond acceptors (Lipinski definition) is 4. The fraction of sp³-hybridized carbons (Fsp3) is 0.316. The van der Waals surface area contributed by atoms with Crippen LogP contribution < -0.4 is 19.5 Å². The highest BCUT2D eigenvalue weighted by molar-refractivity contribution is 6.04. The van der Waals surface area contributed by atoms with Gasteiger partial charge in [0.2, 0.25) is 0 Å². The number of carbonyl (C=O) groups is 1. The predicted octanol–water partition coefficient (Wildman–Crippen LogP) is 4.68. The molecule has 0 aliphatic carbocycles. The third kappa shape index (κ3) is 6.40. The summed E-state index contributed by atoms with van der Waals surface area (Å²) in [6.45, 7) is 2.38. The SMILES string of the molecule is COc1cc(C(=O)Nc2ccc(OCC(F)(F)F)cc2)ccc1OC(C)C. The normalized spacial score (nSPS) is 11.2. The first kappa shape index (κ1) is 20.4. The van der Waals surface area contributed by atoms with Crippen LogP contribution >= 0.6 is 0 Å². The second-order valence-electron chi connectivity index (χ2n) is 5.91. The van der Waals surface area contributed by atoms with E-state index in [4.69, 9.17) is 9.47 Å². The van der Waals surface area contributed by atoms with E-state index in [1.807, 2.05) is 13.8 Å². The lowest BCUT2D eigenvalue weighted by molar-refractivity contribution is -0.153. The summed E-state index contributed by atoms with van der Waals surface area (Å²) in [6.07, 6.45) is -4.45. The summed E-state index contributed by atoms with van der Waals surface area (Å²) in [6, 6.07) is 10.4. The zero-order chi connectivity index (χ0) is 20.0. The lowest BCUT2D eigenvalue weighted by Crippen LogP contribution is -2.19. The maximum absolute atomic E-state index is 12.4. The van der Waals surface area contributed by atoms with Crippen LogP contribution in [0.25, 0.3) is 0 Å². The number of anilines is 1. The molecule has 0 fully saturated rings.